The van der Waals surface area contributed by atoms with Gasteiger partial charge in [-0.15, -0.1) is 0 Å². The van der Waals surface area contributed by atoms with E-state index in [2.05, 4.69) is 4.98 Å². The fraction of sp³-hybridized carbons (Fsp3) is 0. The first-order chi connectivity index (χ1) is 10.3. The third-order valence-electron chi connectivity index (χ3n) is 3.34. The van der Waals surface area contributed by atoms with E-state index >= 15 is 0 Å². The van der Waals surface area contributed by atoms with Crippen LogP contribution in [0.25, 0.3) is 28.1 Å². The molecule has 2 aromatic heterocycles. The SMILES string of the molecule is O=[N+]([O-])c1nc(-c2ccccc2)c2oc3ccccc3n12. The molecule has 2 heterocycles. The molecule has 0 spiro atoms. The highest BCUT2D eigenvalue weighted by Crippen LogP contribution is 2.33. The first kappa shape index (κ1) is 11.7. The predicted molar refractivity (Wildman–Crippen MR) is 77.1 cm³/mol. The molecule has 0 bridgehead atoms. The Labute approximate surface area is 118 Å². The van der Waals surface area contributed by atoms with Crippen molar-refractivity contribution in [3.63, 3.8) is 0 Å². The van der Waals surface area contributed by atoms with Crippen LogP contribution in [0.4, 0.5) is 5.95 Å². The largest absolute Gasteiger partial charge is 0.443 e. The summed E-state index contributed by atoms with van der Waals surface area (Å²) < 4.78 is 7.21. The highest BCUT2D eigenvalue weighted by atomic mass is 16.6. The number of rotatable bonds is 2. The van der Waals surface area contributed by atoms with E-state index in [1.165, 1.54) is 4.40 Å². The molecule has 0 aliphatic carbocycles. The number of hydrogen-bond donors (Lipinski definition) is 0. The number of fused-ring (bicyclic) bond motifs is 3. The zero-order chi connectivity index (χ0) is 14.4. The molecule has 0 aliphatic heterocycles. The van der Waals surface area contributed by atoms with Crippen molar-refractivity contribution in [1.29, 1.82) is 0 Å². The molecule has 2 aromatic carbocycles. The lowest BCUT2D eigenvalue weighted by molar-refractivity contribution is -0.394. The Bertz CT molecular complexity index is 970. The molecule has 0 aliphatic rings. The highest BCUT2D eigenvalue weighted by molar-refractivity contribution is 5.85. The van der Waals surface area contributed by atoms with Crippen LogP contribution < -0.4 is 0 Å². The maximum atomic E-state index is 11.3. The average Bonchev–Trinajstić information content (AvgIpc) is 3.05. The van der Waals surface area contributed by atoms with Crippen LogP contribution >= 0.6 is 0 Å². The Kier molecular flexibility index (Phi) is 2.32. The molecule has 0 saturated carbocycles. The van der Waals surface area contributed by atoms with Gasteiger partial charge in [0.2, 0.25) is 5.69 Å². The Morgan fingerprint density at radius 3 is 2.52 bits per heavy atom. The van der Waals surface area contributed by atoms with Gasteiger partial charge in [-0.2, -0.15) is 4.40 Å². The van der Waals surface area contributed by atoms with Crippen molar-refractivity contribution in [2.24, 2.45) is 0 Å². The number of para-hydroxylation sites is 2. The number of aromatic nitrogens is 2. The van der Waals surface area contributed by atoms with Crippen molar-refractivity contribution < 1.29 is 9.34 Å². The minimum absolute atomic E-state index is 0.242. The lowest BCUT2D eigenvalue weighted by Crippen LogP contribution is -1.94. The van der Waals surface area contributed by atoms with Crippen molar-refractivity contribution in [2.75, 3.05) is 0 Å². The van der Waals surface area contributed by atoms with Crippen LogP contribution in [0, 0.1) is 10.1 Å². The van der Waals surface area contributed by atoms with Crippen LogP contribution in [0.5, 0.6) is 0 Å². The summed E-state index contributed by atoms with van der Waals surface area (Å²) in [6, 6.07) is 16.5. The molecular formula is C15H9N3O3. The van der Waals surface area contributed by atoms with Gasteiger partial charge in [0.25, 0.3) is 0 Å². The number of nitrogens with zero attached hydrogens (tertiary/aromatic N) is 3. The lowest BCUT2D eigenvalue weighted by atomic mass is 10.2. The Hall–Kier alpha value is -3.15. The molecule has 0 radical (unpaired) electrons. The van der Waals surface area contributed by atoms with E-state index in [1.807, 2.05) is 42.5 Å². The van der Waals surface area contributed by atoms with Crippen molar-refractivity contribution in [3.05, 3.63) is 64.7 Å². The standard InChI is InChI=1S/C15H9N3O3/c19-18(20)15-16-13(10-6-2-1-3-7-10)14-17(15)11-8-4-5-9-12(11)21-14/h1-9H. The second kappa shape index (κ2) is 4.17. The maximum Gasteiger partial charge on any atom is 0.443 e. The number of nitro groups is 1. The number of oxazole rings is 1. The van der Waals surface area contributed by atoms with Gasteiger partial charge in [0.1, 0.15) is 0 Å². The number of hydrogen-bond acceptors (Lipinski definition) is 4. The summed E-state index contributed by atoms with van der Waals surface area (Å²) in [5, 5.41) is 11.3. The monoisotopic (exact) mass is 279 g/mol. The molecule has 6 nitrogen and oxygen atoms in total. The van der Waals surface area contributed by atoms with Gasteiger partial charge < -0.3 is 14.5 Å². The molecule has 6 heteroatoms. The van der Waals surface area contributed by atoms with E-state index in [0.717, 1.165) is 5.56 Å². The van der Waals surface area contributed by atoms with Gasteiger partial charge in [-0.05, 0) is 17.1 Å². The molecule has 0 fully saturated rings. The maximum absolute atomic E-state index is 11.3. The number of benzene rings is 2. The smallest absolute Gasteiger partial charge is 0.422 e. The van der Waals surface area contributed by atoms with Gasteiger partial charge in [0, 0.05) is 5.56 Å². The van der Waals surface area contributed by atoms with Crippen LogP contribution in [0.1, 0.15) is 0 Å². The summed E-state index contributed by atoms with van der Waals surface area (Å²) in [4.78, 5) is 14.9. The van der Waals surface area contributed by atoms with E-state index in [-0.39, 0.29) is 5.95 Å². The molecule has 0 unspecified atom stereocenters. The predicted octanol–water partition coefficient (Wildman–Crippen LogP) is 3.66. The van der Waals surface area contributed by atoms with Gasteiger partial charge in [-0.3, -0.25) is 0 Å². The normalized spacial score (nSPS) is 11.2. The molecule has 4 aromatic rings. The topological polar surface area (TPSA) is 73.6 Å². The fourth-order valence-corrected chi connectivity index (χ4v) is 2.44. The summed E-state index contributed by atoms with van der Waals surface area (Å²) in [6.45, 7) is 0. The number of imidazole rings is 1. The quantitative estimate of drug-likeness (QED) is 0.414. The molecule has 0 saturated heterocycles. The highest BCUT2D eigenvalue weighted by Gasteiger charge is 2.28. The Morgan fingerprint density at radius 1 is 1.05 bits per heavy atom. The zero-order valence-corrected chi connectivity index (χ0v) is 10.8. The first-order valence-corrected chi connectivity index (χ1v) is 6.35. The summed E-state index contributed by atoms with van der Waals surface area (Å²) in [6.07, 6.45) is 0. The molecular weight excluding hydrogens is 270 g/mol. The van der Waals surface area contributed by atoms with E-state index in [4.69, 9.17) is 4.42 Å². The van der Waals surface area contributed by atoms with Crippen LogP contribution in [0.2, 0.25) is 0 Å². The van der Waals surface area contributed by atoms with Crippen molar-refractivity contribution in [1.82, 2.24) is 9.38 Å². The third-order valence-corrected chi connectivity index (χ3v) is 3.34. The minimum atomic E-state index is -0.499. The molecule has 21 heavy (non-hydrogen) atoms. The summed E-state index contributed by atoms with van der Waals surface area (Å²) in [5.41, 5.74) is 2.86. The van der Waals surface area contributed by atoms with Gasteiger partial charge in [-0.25, -0.2) is 0 Å². The fourth-order valence-electron chi connectivity index (χ4n) is 2.44. The van der Waals surface area contributed by atoms with E-state index in [1.54, 1.807) is 12.1 Å². The van der Waals surface area contributed by atoms with E-state index in [0.29, 0.717) is 22.5 Å². The van der Waals surface area contributed by atoms with Crippen LogP contribution in [-0.2, 0) is 0 Å². The Balaban J connectivity index is 2.16. The van der Waals surface area contributed by atoms with Gasteiger partial charge in [0.05, 0.1) is 0 Å². The third kappa shape index (κ3) is 1.62. The molecule has 0 atom stereocenters. The van der Waals surface area contributed by atoms with Crippen molar-refractivity contribution in [3.8, 4) is 11.3 Å². The summed E-state index contributed by atoms with van der Waals surface area (Å²) in [7, 11) is 0. The van der Waals surface area contributed by atoms with Crippen molar-refractivity contribution >= 4 is 22.8 Å². The molecule has 0 amide bonds. The van der Waals surface area contributed by atoms with Gasteiger partial charge >= 0.3 is 11.7 Å². The van der Waals surface area contributed by atoms with E-state index in [9.17, 15) is 10.1 Å². The van der Waals surface area contributed by atoms with Gasteiger partial charge in [0.15, 0.2) is 11.1 Å². The molecule has 102 valence electrons. The van der Waals surface area contributed by atoms with Crippen molar-refractivity contribution in [2.45, 2.75) is 0 Å². The second-order valence-corrected chi connectivity index (χ2v) is 4.59. The Morgan fingerprint density at radius 2 is 1.76 bits per heavy atom. The zero-order valence-electron chi connectivity index (χ0n) is 10.8. The second-order valence-electron chi connectivity index (χ2n) is 4.59. The van der Waals surface area contributed by atoms with Crippen LogP contribution in [0.15, 0.2) is 59.0 Å². The summed E-state index contributed by atoms with van der Waals surface area (Å²) in [5.74, 6) is -0.242. The summed E-state index contributed by atoms with van der Waals surface area (Å²) >= 11 is 0. The van der Waals surface area contributed by atoms with Crippen LogP contribution in [0.3, 0.4) is 0 Å². The lowest BCUT2D eigenvalue weighted by Gasteiger charge is -1.91. The van der Waals surface area contributed by atoms with E-state index < -0.39 is 4.92 Å². The minimum Gasteiger partial charge on any atom is -0.422 e. The first-order valence-electron chi connectivity index (χ1n) is 6.35. The molecule has 0 N–H and O–H groups in total. The van der Waals surface area contributed by atoms with Gasteiger partial charge in [-0.1, -0.05) is 47.4 Å². The molecule has 4 rings (SSSR count). The average molecular weight is 279 g/mol. The van der Waals surface area contributed by atoms with Crippen LogP contribution in [-0.4, -0.2) is 14.3 Å².